The van der Waals surface area contributed by atoms with Crippen molar-refractivity contribution in [1.82, 2.24) is 4.57 Å². The number of aromatic nitrogens is 1. The summed E-state index contributed by atoms with van der Waals surface area (Å²) in [5.41, 5.74) is 6.26. The molecule has 0 aliphatic carbocycles. The van der Waals surface area contributed by atoms with Gasteiger partial charge in [-0.1, -0.05) is 78.9 Å². The molecular formula is C42H23NS3. The molecule has 0 N–H and O–H groups in total. The molecule has 0 spiro atoms. The van der Waals surface area contributed by atoms with Crippen molar-refractivity contribution in [2.75, 3.05) is 0 Å². The second-order valence-electron chi connectivity index (χ2n) is 12.1. The van der Waals surface area contributed by atoms with Crippen molar-refractivity contribution >= 4 is 116 Å². The fourth-order valence-electron chi connectivity index (χ4n) is 7.54. The van der Waals surface area contributed by atoms with Gasteiger partial charge in [-0.05, 0) is 71.8 Å². The molecule has 4 aromatic heterocycles. The van der Waals surface area contributed by atoms with Gasteiger partial charge in [0.15, 0.2) is 0 Å². The topological polar surface area (TPSA) is 4.93 Å². The van der Waals surface area contributed by atoms with Crippen molar-refractivity contribution in [1.29, 1.82) is 0 Å². The highest BCUT2D eigenvalue weighted by Crippen LogP contribution is 2.45. The lowest BCUT2D eigenvalue weighted by molar-refractivity contribution is 1.19. The van der Waals surface area contributed by atoms with E-state index in [0.29, 0.717) is 0 Å². The molecule has 0 radical (unpaired) electrons. The average Bonchev–Trinajstić information content (AvgIpc) is 3.85. The Balaban J connectivity index is 1.10. The minimum atomic E-state index is 1.21. The molecule has 214 valence electrons. The van der Waals surface area contributed by atoms with Crippen LogP contribution in [0.1, 0.15) is 0 Å². The first-order valence-electron chi connectivity index (χ1n) is 15.5. The predicted octanol–water partition coefficient (Wildman–Crippen LogP) is 13.6. The first kappa shape index (κ1) is 25.2. The molecule has 0 fully saturated rings. The highest BCUT2D eigenvalue weighted by molar-refractivity contribution is 7.26. The van der Waals surface area contributed by atoms with Crippen LogP contribution in [0.2, 0.25) is 0 Å². The Bertz CT molecular complexity index is 3040. The van der Waals surface area contributed by atoms with Gasteiger partial charge in [-0.2, -0.15) is 0 Å². The summed E-state index contributed by atoms with van der Waals surface area (Å²) in [7, 11) is 0. The molecule has 0 unspecified atom stereocenters. The molecule has 0 saturated carbocycles. The fourth-order valence-corrected chi connectivity index (χ4v) is 10.9. The lowest BCUT2D eigenvalue weighted by atomic mass is 10.0. The minimum absolute atomic E-state index is 1.21. The van der Waals surface area contributed by atoms with Gasteiger partial charge in [0, 0.05) is 77.0 Å². The van der Waals surface area contributed by atoms with Gasteiger partial charge < -0.3 is 4.57 Å². The van der Waals surface area contributed by atoms with Crippen molar-refractivity contribution in [2.24, 2.45) is 0 Å². The summed E-state index contributed by atoms with van der Waals surface area (Å²) < 4.78 is 10.5. The Morgan fingerprint density at radius 2 is 0.913 bits per heavy atom. The maximum absolute atomic E-state index is 2.46. The lowest BCUT2D eigenvalue weighted by Crippen LogP contribution is -1.93. The number of hydrogen-bond acceptors (Lipinski definition) is 3. The number of thiophene rings is 3. The summed E-state index contributed by atoms with van der Waals surface area (Å²) in [6.07, 6.45) is 0. The zero-order valence-electron chi connectivity index (χ0n) is 24.5. The molecule has 4 heteroatoms. The summed E-state index contributed by atoms with van der Waals surface area (Å²) in [4.78, 5) is 0. The van der Waals surface area contributed by atoms with E-state index in [1.54, 1.807) is 0 Å². The van der Waals surface area contributed by atoms with Crippen molar-refractivity contribution in [3.8, 4) is 16.8 Å². The number of nitrogens with zero attached hydrogens (tertiary/aromatic N) is 1. The third kappa shape index (κ3) is 3.44. The van der Waals surface area contributed by atoms with Gasteiger partial charge in [-0.25, -0.2) is 0 Å². The van der Waals surface area contributed by atoms with Crippen LogP contribution in [0.3, 0.4) is 0 Å². The van der Waals surface area contributed by atoms with Crippen LogP contribution in [0.25, 0.3) is 99.1 Å². The van der Waals surface area contributed by atoms with E-state index < -0.39 is 0 Å². The predicted molar refractivity (Wildman–Crippen MR) is 205 cm³/mol. The smallest absolute Gasteiger partial charge is 0.0548 e. The highest BCUT2D eigenvalue weighted by atomic mass is 32.1. The van der Waals surface area contributed by atoms with Crippen LogP contribution in [0, 0.1) is 0 Å². The van der Waals surface area contributed by atoms with Gasteiger partial charge in [-0.3, -0.25) is 0 Å². The lowest BCUT2D eigenvalue weighted by Gasteiger charge is -2.08. The molecule has 0 bridgehead atoms. The second-order valence-corrected chi connectivity index (χ2v) is 15.3. The van der Waals surface area contributed by atoms with Gasteiger partial charge in [-0.15, -0.1) is 34.0 Å². The van der Waals surface area contributed by atoms with E-state index in [2.05, 4.69) is 144 Å². The maximum Gasteiger partial charge on any atom is 0.0548 e. The standard InChI is InChI=1S/C42H23NS3/c1-4-10-33-30(8-1)41-34(18-20-38-42(41)31-9-3-6-12-36(31)45-38)43(33)26-15-17-29-28-16-13-25(22-39(28)46-40(29)23-26)24-14-19-37-32(21-24)27-7-2-5-11-35(27)44-37/h1-23H. The Morgan fingerprint density at radius 3 is 1.80 bits per heavy atom. The summed E-state index contributed by atoms with van der Waals surface area (Å²) in [6.45, 7) is 0. The third-order valence-corrected chi connectivity index (χ3v) is 13.0. The second kappa shape index (κ2) is 9.27. The molecule has 0 amide bonds. The summed E-state index contributed by atoms with van der Waals surface area (Å²) in [6, 6.07) is 52.0. The molecule has 4 heterocycles. The Morgan fingerprint density at radius 1 is 0.326 bits per heavy atom. The summed E-state index contributed by atoms with van der Waals surface area (Å²) in [5, 5.41) is 10.7. The van der Waals surface area contributed by atoms with E-state index in [-0.39, 0.29) is 0 Å². The highest BCUT2D eigenvalue weighted by Gasteiger charge is 2.18. The maximum atomic E-state index is 2.46. The van der Waals surface area contributed by atoms with E-state index in [0.717, 1.165) is 0 Å². The van der Waals surface area contributed by atoms with Crippen LogP contribution in [-0.4, -0.2) is 4.57 Å². The molecule has 1 nitrogen and oxygen atoms in total. The zero-order valence-corrected chi connectivity index (χ0v) is 26.9. The van der Waals surface area contributed by atoms with Crippen molar-refractivity contribution in [2.45, 2.75) is 0 Å². The van der Waals surface area contributed by atoms with Crippen LogP contribution in [-0.2, 0) is 0 Å². The normalized spacial score (nSPS) is 12.3. The van der Waals surface area contributed by atoms with E-state index in [9.17, 15) is 0 Å². The Kier molecular flexibility index (Phi) is 5.08. The average molecular weight is 638 g/mol. The molecule has 46 heavy (non-hydrogen) atoms. The quantitative estimate of drug-likeness (QED) is 0.178. The van der Waals surface area contributed by atoms with Crippen LogP contribution in [0.5, 0.6) is 0 Å². The van der Waals surface area contributed by atoms with Crippen LogP contribution in [0.15, 0.2) is 140 Å². The summed E-state index contributed by atoms with van der Waals surface area (Å²) >= 11 is 5.66. The molecule has 11 rings (SSSR count). The van der Waals surface area contributed by atoms with Crippen LogP contribution in [0.4, 0.5) is 0 Å². The van der Waals surface area contributed by atoms with Gasteiger partial charge in [0.1, 0.15) is 0 Å². The first-order chi connectivity index (χ1) is 22.8. The molecule has 0 atom stereocenters. The fraction of sp³-hybridized carbons (Fsp3) is 0. The zero-order chi connectivity index (χ0) is 29.9. The van der Waals surface area contributed by atoms with E-state index >= 15 is 0 Å². The number of para-hydroxylation sites is 1. The molecule has 7 aromatic carbocycles. The summed E-state index contributed by atoms with van der Waals surface area (Å²) in [5.74, 6) is 0. The van der Waals surface area contributed by atoms with Crippen molar-refractivity contribution < 1.29 is 0 Å². The molecule has 11 aromatic rings. The van der Waals surface area contributed by atoms with E-state index in [4.69, 9.17) is 0 Å². The van der Waals surface area contributed by atoms with Crippen LogP contribution >= 0.6 is 34.0 Å². The van der Waals surface area contributed by atoms with Gasteiger partial charge in [0.25, 0.3) is 0 Å². The number of hydrogen-bond donors (Lipinski definition) is 0. The van der Waals surface area contributed by atoms with Crippen molar-refractivity contribution in [3.05, 3.63) is 140 Å². The SMILES string of the molecule is c1ccc2c(c1)sc1ccc(-c3ccc4c(c3)sc3cc(-n5c6ccccc6c6c7c(ccc65)sc5ccccc57)ccc34)cc12. The first-order valence-corrected chi connectivity index (χ1v) is 18.0. The van der Waals surface area contributed by atoms with Gasteiger partial charge in [0.05, 0.1) is 11.0 Å². The number of rotatable bonds is 2. The van der Waals surface area contributed by atoms with Gasteiger partial charge >= 0.3 is 0 Å². The molecule has 0 saturated heterocycles. The Hall–Kier alpha value is -5.00. The monoisotopic (exact) mass is 637 g/mol. The largest absolute Gasteiger partial charge is 0.309 e. The van der Waals surface area contributed by atoms with E-state index in [1.165, 1.54) is 99.1 Å². The number of benzene rings is 7. The third-order valence-electron chi connectivity index (χ3n) is 9.60. The molecule has 0 aliphatic heterocycles. The van der Waals surface area contributed by atoms with Crippen molar-refractivity contribution in [3.63, 3.8) is 0 Å². The number of fused-ring (bicyclic) bond motifs is 13. The Labute approximate surface area is 275 Å². The molecule has 0 aliphatic rings. The molecular weight excluding hydrogens is 615 g/mol. The van der Waals surface area contributed by atoms with Crippen LogP contribution < -0.4 is 0 Å². The van der Waals surface area contributed by atoms with E-state index in [1.807, 2.05) is 34.0 Å². The minimum Gasteiger partial charge on any atom is -0.309 e. The van der Waals surface area contributed by atoms with Gasteiger partial charge in [0.2, 0.25) is 0 Å².